The van der Waals surface area contributed by atoms with E-state index in [1.165, 1.54) is 19.2 Å². The van der Waals surface area contributed by atoms with Crippen LogP contribution in [0.15, 0.2) is 16.9 Å². The second-order valence-corrected chi connectivity index (χ2v) is 2.09. The largest absolute Gasteiger partial charge is 0.509 e. The Labute approximate surface area is 63.1 Å². The highest BCUT2D eigenvalue weighted by atomic mass is 16.4. The van der Waals surface area contributed by atoms with E-state index in [-0.39, 0.29) is 11.2 Å². The van der Waals surface area contributed by atoms with Crippen molar-refractivity contribution in [2.75, 3.05) is 0 Å². The van der Waals surface area contributed by atoms with Crippen LogP contribution in [0.2, 0.25) is 0 Å². The molecule has 0 radical (unpaired) electrons. The van der Waals surface area contributed by atoms with E-state index in [0.29, 0.717) is 0 Å². The molecule has 1 heterocycles. The Bertz CT molecular complexity index is 309. The Balaban J connectivity index is 3.15. The maximum absolute atomic E-state index is 10.7. The average molecular weight is 154 g/mol. The summed E-state index contributed by atoms with van der Waals surface area (Å²) in [6.07, 6.45) is 0. The van der Waals surface area contributed by atoms with Crippen LogP contribution < -0.4 is 11.2 Å². The molecule has 0 unspecified atom stereocenters. The summed E-state index contributed by atoms with van der Waals surface area (Å²) in [4.78, 5) is 10.7. The molecule has 0 fully saturated rings. The number of nitrogens with zero attached hydrogens (tertiary/aromatic N) is 2. The van der Waals surface area contributed by atoms with Gasteiger partial charge in [0.2, 0.25) is 0 Å². The Hall–Kier alpha value is -1.14. The second-order valence-electron chi connectivity index (χ2n) is 2.09. The van der Waals surface area contributed by atoms with Gasteiger partial charge in [0.15, 0.2) is 0 Å². The predicted octanol–water partition coefficient (Wildman–Crippen LogP) is -2.54. The van der Waals surface area contributed by atoms with Crippen LogP contribution in [0.3, 0.4) is 0 Å². The van der Waals surface area contributed by atoms with Gasteiger partial charge in [-0.15, -0.1) is 0 Å². The van der Waals surface area contributed by atoms with Crippen molar-refractivity contribution in [1.82, 2.24) is 9.78 Å². The zero-order valence-corrected chi connectivity index (χ0v) is 5.93. The van der Waals surface area contributed by atoms with Crippen molar-refractivity contribution in [3.63, 3.8) is 0 Å². The van der Waals surface area contributed by atoms with Crippen molar-refractivity contribution < 1.29 is 10.0 Å². The fourth-order valence-electron chi connectivity index (χ4n) is 0.658. The van der Waals surface area contributed by atoms with Gasteiger partial charge in [-0.1, -0.05) is 0 Å². The lowest BCUT2D eigenvalue weighted by Crippen LogP contribution is -2.37. The summed E-state index contributed by atoms with van der Waals surface area (Å²) in [5, 5.41) is 20.8. The van der Waals surface area contributed by atoms with Crippen LogP contribution in [0.5, 0.6) is 0 Å². The summed E-state index contributed by atoms with van der Waals surface area (Å²) in [6, 6.07) is 2.49. The van der Waals surface area contributed by atoms with Gasteiger partial charge in [-0.2, -0.15) is 5.10 Å². The lowest BCUT2D eigenvalue weighted by Gasteiger charge is -1.98. The van der Waals surface area contributed by atoms with Gasteiger partial charge in [0.1, 0.15) is 0 Å². The third-order valence-electron chi connectivity index (χ3n) is 1.25. The summed E-state index contributed by atoms with van der Waals surface area (Å²) in [5.41, 5.74) is -0.221. The first-order valence-electron chi connectivity index (χ1n) is 3.01. The molecule has 2 N–H and O–H groups in total. The highest BCUT2D eigenvalue weighted by molar-refractivity contribution is 6.57. The Kier molecular flexibility index (Phi) is 2.07. The lowest BCUT2D eigenvalue weighted by atomic mass is 9.86. The molecule has 0 aliphatic carbocycles. The molecule has 5 nitrogen and oxygen atoms in total. The quantitative estimate of drug-likeness (QED) is 0.437. The number of aromatic nitrogens is 2. The van der Waals surface area contributed by atoms with E-state index in [1.807, 2.05) is 0 Å². The van der Waals surface area contributed by atoms with E-state index >= 15 is 0 Å². The monoisotopic (exact) mass is 154 g/mol. The fourth-order valence-corrected chi connectivity index (χ4v) is 0.658. The van der Waals surface area contributed by atoms with E-state index < -0.39 is 7.12 Å². The summed E-state index contributed by atoms with van der Waals surface area (Å²) in [6.45, 7) is 0. The molecule has 0 bridgehead atoms. The molecule has 1 aromatic rings. The maximum Gasteiger partial charge on any atom is 0.509 e. The molecule has 1 aromatic heterocycles. The van der Waals surface area contributed by atoms with E-state index in [9.17, 15) is 4.79 Å². The first-order chi connectivity index (χ1) is 5.11. The lowest BCUT2D eigenvalue weighted by molar-refractivity contribution is 0.422. The van der Waals surface area contributed by atoms with Gasteiger partial charge >= 0.3 is 7.12 Å². The maximum atomic E-state index is 10.7. The third-order valence-corrected chi connectivity index (χ3v) is 1.25. The Morgan fingerprint density at radius 3 is 2.64 bits per heavy atom. The van der Waals surface area contributed by atoms with Crippen molar-refractivity contribution in [2.45, 2.75) is 0 Å². The van der Waals surface area contributed by atoms with Gasteiger partial charge in [0, 0.05) is 13.1 Å². The topological polar surface area (TPSA) is 75.3 Å². The average Bonchev–Trinajstić information content (AvgIpc) is 1.94. The summed E-state index contributed by atoms with van der Waals surface area (Å²) in [7, 11) is -0.185. The summed E-state index contributed by atoms with van der Waals surface area (Å²) >= 11 is 0. The van der Waals surface area contributed by atoms with Crippen LogP contribution in [0.4, 0.5) is 0 Å². The van der Waals surface area contributed by atoms with Crippen molar-refractivity contribution in [3.8, 4) is 0 Å². The molecule has 0 spiro atoms. The van der Waals surface area contributed by atoms with Crippen LogP contribution in [-0.4, -0.2) is 26.9 Å². The molecule has 6 heteroatoms. The van der Waals surface area contributed by atoms with E-state index in [4.69, 9.17) is 10.0 Å². The molecule has 1 rings (SSSR count). The first kappa shape index (κ1) is 7.97. The smallest absolute Gasteiger partial charge is 0.422 e. The summed E-state index contributed by atoms with van der Waals surface area (Å²) < 4.78 is 1.04. The molecular formula is C5H7BN2O3. The molecule has 0 saturated carbocycles. The van der Waals surface area contributed by atoms with E-state index in [2.05, 4.69) is 5.10 Å². The minimum absolute atomic E-state index is 0.0621. The zero-order chi connectivity index (χ0) is 8.43. The van der Waals surface area contributed by atoms with Gasteiger partial charge in [0.05, 0.1) is 5.59 Å². The first-order valence-corrected chi connectivity index (χ1v) is 3.01. The van der Waals surface area contributed by atoms with Gasteiger partial charge in [-0.3, -0.25) is 4.79 Å². The van der Waals surface area contributed by atoms with Crippen LogP contribution in [0.1, 0.15) is 0 Å². The van der Waals surface area contributed by atoms with Gasteiger partial charge in [-0.25, -0.2) is 4.68 Å². The summed E-state index contributed by atoms with van der Waals surface area (Å²) in [5.74, 6) is 0. The molecule has 0 aromatic carbocycles. The predicted molar refractivity (Wildman–Crippen MR) is 39.3 cm³/mol. The molecule has 0 saturated heterocycles. The third kappa shape index (κ3) is 1.66. The second kappa shape index (κ2) is 2.85. The molecule has 0 aliphatic rings. The Morgan fingerprint density at radius 1 is 1.55 bits per heavy atom. The highest BCUT2D eigenvalue weighted by Crippen LogP contribution is 1.71. The standard InChI is InChI=1S/C5H7BN2O3/c1-8-5(9)3-2-4(7-8)6(10)11/h2-3,10-11H,1H3. The molecule has 0 amide bonds. The minimum atomic E-state index is -1.62. The number of rotatable bonds is 1. The number of aryl methyl sites for hydroxylation is 1. The highest BCUT2D eigenvalue weighted by Gasteiger charge is 2.12. The van der Waals surface area contributed by atoms with Crippen LogP contribution in [-0.2, 0) is 7.05 Å². The Morgan fingerprint density at radius 2 is 2.18 bits per heavy atom. The van der Waals surface area contributed by atoms with Crippen molar-refractivity contribution >= 4 is 12.7 Å². The molecule has 0 aliphatic heterocycles. The van der Waals surface area contributed by atoms with Crippen LogP contribution in [0, 0.1) is 0 Å². The van der Waals surface area contributed by atoms with Crippen molar-refractivity contribution in [2.24, 2.45) is 7.05 Å². The molecule has 11 heavy (non-hydrogen) atoms. The van der Waals surface area contributed by atoms with Gasteiger partial charge < -0.3 is 10.0 Å². The van der Waals surface area contributed by atoms with Crippen molar-refractivity contribution in [3.05, 3.63) is 22.5 Å². The van der Waals surface area contributed by atoms with Crippen LogP contribution in [0.25, 0.3) is 0 Å². The van der Waals surface area contributed by atoms with E-state index in [0.717, 1.165) is 4.68 Å². The number of hydrogen-bond donors (Lipinski definition) is 2. The molecule has 58 valence electrons. The van der Waals surface area contributed by atoms with E-state index in [1.54, 1.807) is 0 Å². The number of hydrogen-bond acceptors (Lipinski definition) is 4. The zero-order valence-electron chi connectivity index (χ0n) is 5.93. The minimum Gasteiger partial charge on any atom is -0.422 e. The molecular weight excluding hydrogens is 147 g/mol. The van der Waals surface area contributed by atoms with Gasteiger partial charge in [0.25, 0.3) is 5.56 Å². The van der Waals surface area contributed by atoms with Gasteiger partial charge in [-0.05, 0) is 6.07 Å². The normalized spacial score (nSPS) is 9.73. The SMILES string of the molecule is Cn1nc(B(O)O)ccc1=O. The fraction of sp³-hybridized carbons (Fsp3) is 0.200. The van der Waals surface area contributed by atoms with Crippen LogP contribution >= 0.6 is 0 Å². The van der Waals surface area contributed by atoms with Crippen molar-refractivity contribution in [1.29, 1.82) is 0 Å². The molecule has 0 atom stereocenters.